The average Bonchev–Trinajstić information content (AvgIpc) is 2.35. The second-order valence-electron chi connectivity index (χ2n) is 3.67. The number of carbonyl (C=O) groups is 1. The summed E-state index contributed by atoms with van der Waals surface area (Å²) in [4.78, 5) is 11.9. The molecule has 2 rings (SSSR count). The number of ether oxygens (including phenoxy) is 1. The number of allylic oxidation sites excluding steroid dienone is 1. The topological polar surface area (TPSA) is 46.5 Å². The summed E-state index contributed by atoms with van der Waals surface area (Å²) < 4.78 is 4.99. The van der Waals surface area contributed by atoms with Gasteiger partial charge in [0, 0.05) is 0 Å². The number of methoxy groups -OCH3 is 1. The molecule has 0 amide bonds. The Hall–Kier alpha value is -0.390. The summed E-state index contributed by atoms with van der Waals surface area (Å²) in [7, 11) is 1.48. The Labute approximate surface area is 103 Å². The molecule has 0 radical (unpaired) electrons. The highest BCUT2D eigenvalue weighted by Gasteiger charge is 2.59. The summed E-state index contributed by atoms with van der Waals surface area (Å²) in [5.74, 6) is 2.08. The number of hydrogen-bond acceptors (Lipinski definition) is 5. The first-order valence-electron chi connectivity index (χ1n) is 5.07. The Balaban J connectivity index is 2.29. The molecule has 1 fully saturated rings. The van der Waals surface area contributed by atoms with Gasteiger partial charge in [0.15, 0.2) is 0 Å². The zero-order valence-electron chi connectivity index (χ0n) is 9.06. The molecule has 1 atom stereocenters. The minimum Gasteiger partial charge on any atom is -0.497 e. The van der Waals surface area contributed by atoms with Crippen LogP contribution in [0.25, 0.3) is 0 Å². The number of aliphatic hydroxyl groups is 1. The van der Waals surface area contributed by atoms with Gasteiger partial charge in [0.05, 0.1) is 17.3 Å². The predicted molar refractivity (Wildman–Crippen MR) is 67.5 cm³/mol. The molecular weight excluding hydrogens is 244 g/mol. The number of thioether (sulfide) groups is 2. The quantitative estimate of drug-likeness (QED) is 0.833. The number of Topliss-reactive ketones (excluding diaryl/α,β-unsaturated/α-hetero) is 1. The molecule has 1 saturated heterocycles. The summed E-state index contributed by atoms with van der Waals surface area (Å²) in [6.45, 7) is 3.56. The van der Waals surface area contributed by atoms with Crippen LogP contribution >= 0.6 is 23.5 Å². The van der Waals surface area contributed by atoms with E-state index in [9.17, 15) is 9.90 Å². The summed E-state index contributed by atoms with van der Waals surface area (Å²) in [5.41, 5.74) is -1.02. The van der Waals surface area contributed by atoms with Crippen molar-refractivity contribution in [2.45, 2.75) is 16.6 Å². The Morgan fingerprint density at radius 1 is 1.56 bits per heavy atom. The first-order valence-corrected chi connectivity index (χ1v) is 7.17. The van der Waals surface area contributed by atoms with Crippen LogP contribution in [0.3, 0.4) is 0 Å². The van der Waals surface area contributed by atoms with Crippen LogP contribution < -0.4 is 0 Å². The molecule has 0 spiro atoms. The highest BCUT2D eigenvalue weighted by molar-refractivity contribution is 8.17. The highest BCUT2D eigenvalue weighted by Crippen LogP contribution is 2.49. The van der Waals surface area contributed by atoms with Gasteiger partial charge in [-0.05, 0) is 17.9 Å². The van der Waals surface area contributed by atoms with Crippen LogP contribution in [-0.4, -0.2) is 39.7 Å². The molecule has 1 aliphatic carbocycles. The van der Waals surface area contributed by atoms with Gasteiger partial charge in [-0.2, -0.15) is 0 Å². The van der Waals surface area contributed by atoms with Crippen LogP contribution in [0.4, 0.5) is 0 Å². The molecule has 0 saturated carbocycles. The maximum absolute atomic E-state index is 11.9. The van der Waals surface area contributed by atoms with Gasteiger partial charge in [-0.3, -0.25) is 4.79 Å². The molecule has 16 heavy (non-hydrogen) atoms. The molecule has 0 aromatic heterocycles. The molecule has 0 bridgehead atoms. The largest absolute Gasteiger partial charge is 0.497 e. The summed E-state index contributed by atoms with van der Waals surface area (Å²) in [5, 5.41) is 10.4. The minimum absolute atomic E-state index is 0.146. The molecule has 3 nitrogen and oxygen atoms in total. The maximum atomic E-state index is 11.9. The number of carbonyl (C=O) groups excluding carboxylic acids is 1. The highest BCUT2D eigenvalue weighted by atomic mass is 32.2. The fourth-order valence-corrected chi connectivity index (χ4v) is 5.05. The monoisotopic (exact) mass is 258 g/mol. The third-order valence-corrected chi connectivity index (χ3v) is 5.91. The van der Waals surface area contributed by atoms with E-state index in [0.717, 1.165) is 17.9 Å². The third kappa shape index (κ3) is 1.53. The van der Waals surface area contributed by atoms with Crippen LogP contribution in [0.5, 0.6) is 0 Å². The van der Waals surface area contributed by atoms with Crippen molar-refractivity contribution in [2.24, 2.45) is 0 Å². The van der Waals surface area contributed by atoms with Crippen molar-refractivity contribution in [1.82, 2.24) is 0 Å². The predicted octanol–water partition coefficient (Wildman–Crippen LogP) is 1.58. The van der Waals surface area contributed by atoms with Crippen molar-refractivity contribution >= 4 is 29.3 Å². The molecule has 0 aromatic rings. The normalized spacial score (nSPS) is 31.2. The van der Waals surface area contributed by atoms with Crippen LogP contribution in [-0.2, 0) is 9.53 Å². The maximum Gasteiger partial charge on any atom is 0.207 e. The van der Waals surface area contributed by atoms with Gasteiger partial charge >= 0.3 is 0 Å². The van der Waals surface area contributed by atoms with E-state index in [1.165, 1.54) is 13.2 Å². The lowest BCUT2D eigenvalue weighted by Gasteiger charge is -2.43. The van der Waals surface area contributed by atoms with Gasteiger partial charge < -0.3 is 9.84 Å². The molecule has 1 N–H and O–H groups in total. The van der Waals surface area contributed by atoms with Crippen molar-refractivity contribution in [3.8, 4) is 0 Å². The molecule has 2 aliphatic rings. The smallest absolute Gasteiger partial charge is 0.207 e. The van der Waals surface area contributed by atoms with Gasteiger partial charge in [0.25, 0.3) is 0 Å². The van der Waals surface area contributed by atoms with Crippen LogP contribution in [0, 0.1) is 0 Å². The lowest BCUT2D eigenvalue weighted by Crippen LogP contribution is -2.57. The van der Waals surface area contributed by atoms with Gasteiger partial charge in [-0.15, -0.1) is 23.5 Å². The van der Waals surface area contributed by atoms with Crippen LogP contribution in [0.15, 0.2) is 24.0 Å². The third-order valence-electron chi connectivity index (χ3n) is 2.76. The molecule has 1 unspecified atom stereocenters. The fraction of sp³-hybridized carbons (Fsp3) is 0.545. The molecule has 1 heterocycles. The lowest BCUT2D eigenvalue weighted by molar-refractivity contribution is -0.136. The summed E-state index contributed by atoms with van der Waals surface area (Å²) in [6, 6.07) is 0. The summed E-state index contributed by atoms with van der Waals surface area (Å²) >= 11 is 3.25. The molecular formula is C11H14O3S2. The Morgan fingerprint density at radius 3 is 2.69 bits per heavy atom. The van der Waals surface area contributed by atoms with Crippen molar-refractivity contribution in [3.63, 3.8) is 0 Å². The number of hydrogen-bond donors (Lipinski definition) is 1. The second-order valence-corrected chi connectivity index (χ2v) is 6.40. The Bertz CT molecular complexity index is 358. The lowest BCUT2D eigenvalue weighted by atomic mass is 9.79. The second kappa shape index (κ2) is 4.47. The van der Waals surface area contributed by atoms with E-state index in [1.54, 1.807) is 23.5 Å². The van der Waals surface area contributed by atoms with E-state index in [0.29, 0.717) is 11.3 Å². The molecule has 1 aliphatic heterocycles. The number of rotatable bonds is 3. The summed E-state index contributed by atoms with van der Waals surface area (Å²) in [6.07, 6.45) is 2.57. The van der Waals surface area contributed by atoms with E-state index in [2.05, 4.69) is 6.58 Å². The Kier molecular flexibility index (Phi) is 3.37. The van der Waals surface area contributed by atoms with Crippen molar-refractivity contribution in [2.75, 3.05) is 18.6 Å². The molecule has 5 heteroatoms. The van der Waals surface area contributed by atoms with Gasteiger partial charge in [-0.1, -0.05) is 12.7 Å². The number of ketones is 1. The minimum atomic E-state index is -1.44. The fourth-order valence-electron chi connectivity index (χ4n) is 1.95. The molecule has 88 valence electrons. The standard InChI is InChI=1S/C11H14O3S2/c1-3-7-8(12)11(13,9(7)14-2)10-15-5-4-6-16-10/h3,10,13H,1,4-6H2,2H3. The van der Waals surface area contributed by atoms with E-state index >= 15 is 0 Å². The van der Waals surface area contributed by atoms with Gasteiger partial charge in [0.2, 0.25) is 11.4 Å². The average molecular weight is 258 g/mol. The van der Waals surface area contributed by atoms with E-state index < -0.39 is 5.60 Å². The van der Waals surface area contributed by atoms with Gasteiger partial charge in [-0.25, -0.2) is 0 Å². The van der Waals surface area contributed by atoms with Gasteiger partial charge in [0.1, 0.15) is 5.76 Å². The van der Waals surface area contributed by atoms with Crippen LogP contribution in [0.2, 0.25) is 0 Å². The van der Waals surface area contributed by atoms with Crippen LogP contribution in [0.1, 0.15) is 6.42 Å². The zero-order chi connectivity index (χ0) is 11.8. The molecule has 0 aromatic carbocycles. The van der Waals surface area contributed by atoms with Crippen molar-refractivity contribution < 1.29 is 14.6 Å². The zero-order valence-corrected chi connectivity index (χ0v) is 10.7. The van der Waals surface area contributed by atoms with Crippen molar-refractivity contribution in [3.05, 3.63) is 24.0 Å². The SMILES string of the molecule is C=CC1=C(OC)C(O)(C2SCCCS2)C1=O. The first kappa shape index (κ1) is 12.1. The van der Waals surface area contributed by atoms with Crippen molar-refractivity contribution in [1.29, 1.82) is 0 Å². The first-order chi connectivity index (χ1) is 7.66. The van der Waals surface area contributed by atoms with E-state index in [4.69, 9.17) is 4.74 Å². The van der Waals surface area contributed by atoms with E-state index in [1.807, 2.05) is 0 Å². The Morgan fingerprint density at radius 2 is 2.19 bits per heavy atom. The van der Waals surface area contributed by atoms with E-state index in [-0.39, 0.29) is 10.4 Å².